The monoisotopic (exact) mass is 190 g/mol. The van der Waals surface area contributed by atoms with Crippen LogP contribution in [-0.4, -0.2) is 0 Å². The lowest BCUT2D eigenvalue weighted by atomic mass is 9.47. The summed E-state index contributed by atoms with van der Waals surface area (Å²) in [5.41, 5.74) is 0. The molecule has 78 valence electrons. The molecule has 4 rings (SSSR count). The molecule has 0 aromatic rings. The van der Waals surface area contributed by atoms with E-state index in [-0.39, 0.29) is 0 Å². The van der Waals surface area contributed by atoms with Crippen LogP contribution in [0.25, 0.3) is 0 Å². The van der Waals surface area contributed by atoms with Crippen LogP contribution in [0.2, 0.25) is 0 Å². The maximum atomic E-state index is 1.65. The third-order valence-electron chi connectivity index (χ3n) is 6.23. The molecule has 0 aromatic carbocycles. The average Bonchev–Trinajstić information content (AvgIpc) is 2.18. The Kier molecular flexibility index (Phi) is 1.62. The van der Waals surface area contributed by atoms with Crippen LogP contribution >= 0.6 is 0 Å². The van der Waals surface area contributed by atoms with Gasteiger partial charge in [0.05, 0.1) is 0 Å². The first-order valence-corrected chi connectivity index (χ1v) is 6.92. The number of hydrogen-bond acceptors (Lipinski definition) is 0. The Balaban J connectivity index is 1.66. The SMILES string of the molecule is C1CC2CC(C1)C1CC2CC2CCC21. The van der Waals surface area contributed by atoms with Gasteiger partial charge in [0.1, 0.15) is 0 Å². The maximum Gasteiger partial charge on any atom is -0.0352 e. The minimum absolute atomic E-state index is 1.17. The highest BCUT2D eigenvalue weighted by Gasteiger charge is 2.51. The summed E-state index contributed by atoms with van der Waals surface area (Å²) in [6.07, 6.45) is 12.9. The van der Waals surface area contributed by atoms with E-state index in [1.54, 1.807) is 51.4 Å². The minimum atomic E-state index is 1.17. The molecule has 0 spiro atoms. The van der Waals surface area contributed by atoms with E-state index in [0.29, 0.717) is 0 Å². The fourth-order valence-electron chi connectivity index (χ4n) is 5.47. The van der Waals surface area contributed by atoms with E-state index in [1.165, 1.54) is 35.5 Å². The fourth-order valence-corrected chi connectivity index (χ4v) is 5.47. The van der Waals surface area contributed by atoms with Gasteiger partial charge in [-0.05, 0) is 67.6 Å². The second kappa shape index (κ2) is 2.77. The number of fused-ring (bicyclic) bond motifs is 8. The molecule has 4 bridgehead atoms. The van der Waals surface area contributed by atoms with Gasteiger partial charge in [-0.15, -0.1) is 0 Å². The van der Waals surface area contributed by atoms with Crippen molar-refractivity contribution in [2.24, 2.45) is 35.5 Å². The predicted molar refractivity (Wildman–Crippen MR) is 57.9 cm³/mol. The van der Waals surface area contributed by atoms with E-state index in [9.17, 15) is 0 Å². The molecule has 0 N–H and O–H groups in total. The molecule has 0 amide bonds. The van der Waals surface area contributed by atoms with Gasteiger partial charge in [-0.2, -0.15) is 0 Å². The van der Waals surface area contributed by atoms with E-state index in [1.807, 2.05) is 0 Å². The minimum Gasteiger partial charge on any atom is -0.0528 e. The number of rotatable bonds is 0. The topological polar surface area (TPSA) is 0 Å². The van der Waals surface area contributed by atoms with E-state index in [2.05, 4.69) is 0 Å². The number of hydrogen-bond donors (Lipinski definition) is 0. The van der Waals surface area contributed by atoms with Gasteiger partial charge >= 0.3 is 0 Å². The van der Waals surface area contributed by atoms with E-state index < -0.39 is 0 Å². The first kappa shape index (κ1) is 8.19. The average molecular weight is 190 g/mol. The molecule has 0 heteroatoms. The Labute approximate surface area is 87.5 Å². The van der Waals surface area contributed by atoms with Crippen molar-refractivity contribution in [1.82, 2.24) is 0 Å². The van der Waals surface area contributed by atoms with Gasteiger partial charge in [-0.25, -0.2) is 0 Å². The van der Waals surface area contributed by atoms with E-state index in [4.69, 9.17) is 0 Å². The van der Waals surface area contributed by atoms with Gasteiger partial charge in [0, 0.05) is 0 Å². The Hall–Kier alpha value is 0. The molecule has 6 unspecified atom stereocenters. The molecule has 0 nitrogen and oxygen atoms in total. The maximum absolute atomic E-state index is 1.65. The highest BCUT2D eigenvalue weighted by molar-refractivity contribution is 5.01. The standard InChI is InChI=1S/C14H22/c1-2-9-6-10(3-1)14-8-12(9)7-11-4-5-13(11)14/h9-14H,1-8H2. The zero-order valence-corrected chi connectivity index (χ0v) is 9.12. The third-order valence-corrected chi connectivity index (χ3v) is 6.23. The molecule has 6 atom stereocenters. The zero-order valence-electron chi connectivity index (χ0n) is 9.12. The van der Waals surface area contributed by atoms with Crippen molar-refractivity contribution in [3.63, 3.8) is 0 Å². The molecular weight excluding hydrogens is 168 g/mol. The predicted octanol–water partition coefficient (Wildman–Crippen LogP) is 3.86. The summed E-state index contributed by atoms with van der Waals surface area (Å²) in [6, 6.07) is 0. The molecule has 0 aromatic heterocycles. The first-order chi connectivity index (χ1) is 6.92. The normalized spacial score (nSPS) is 60.0. The molecule has 14 heavy (non-hydrogen) atoms. The fraction of sp³-hybridized carbons (Fsp3) is 1.00. The largest absolute Gasteiger partial charge is 0.0528 e. The van der Waals surface area contributed by atoms with Crippen molar-refractivity contribution in [3.05, 3.63) is 0 Å². The van der Waals surface area contributed by atoms with Crippen LogP contribution in [0.4, 0.5) is 0 Å². The van der Waals surface area contributed by atoms with Crippen molar-refractivity contribution >= 4 is 0 Å². The van der Waals surface area contributed by atoms with Gasteiger partial charge < -0.3 is 0 Å². The van der Waals surface area contributed by atoms with Gasteiger partial charge in [0.2, 0.25) is 0 Å². The Morgan fingerprint density at radius 2 is 1.29 bits per heavy atom. The lowest BCUT2D eigenvalue weighted by Crippen LogP contribution is -2.49. The van der Waals surface area contributed by atoms with Crippen molar-refractivity contribution in [2.75, 3.05) is 0 Å². The molecular formula is C14H22. The van der Waals surface area contributed by atoms with Crippen molar-refractivity contribution in [2.45, 2.75) is 51.4 Å². The molecule has 0 saturated heterocycles. The lowest BCUT2D eigenvalue weighted by molar-refractivity contribution is -0.0817. The molecule has 4 saturated carbocycles. The summed E-state index contributed by atoms with van der Waals surface area (Å²) in [5.74, 6) is 7.13. The zero-order chi connectivity index (χ0) is 9.12. The highest BCUT2D eigenvalue weighted by Crippen LogP contribution is 2.60. The van der Waals surface area contributed by atoms with Gasteiger partial charge in [-0.1, -0.05) is 19.3 Å². The molecule has 0 heterocycles. The van der Waals surface area contributed by atoms with Gasteiger partial charge in [0.15, 0.2) is 0 Å². The van der Waals surface area contributed by atoms with Gasteiger partial charge in [0.25, 0.3) is 0 Å². The summed E-state index contributed by atoms with van der Waals surface area (Å²) in [5, 5.41) is 0. The first-order valence-electron chi connectivity index (χ1n) is 6.92. The van der Waals surface area contributed by atoms with Crippen LogP contribution in [0.1, 0.15) is 51.4 Å². The Morgan fingerprint density at radius 3 is 2.14 bits per heavy atom. The van der Waals surface area contributed by atoms with Gasteiger partial charge in [-0.3, -0.25) is 0 Å². The molecule has 0 radical (unpaired) electrons. The molecule has 4 aliphatic rings. The third kappa shape index (κ3) is 0.955. The van der Waals surface area contributed by atoms with E-state index in [0.717, 1.165) is 0 Å². The van der Waals surface area contributed by atoms with Crippen LogP contribution in [0.5, 0.6) is 0 Å². The van der Waals surface area contributed by atoms with Crippen LogP contribution in [0.15, 0.2) is 0 Å². The summed E-state index contributed by atoms with van der Waals surface area (Å²) < 4.78 is 0. The van der Waals surface area contributed by atoms with Crippen molar-refractivity contribution in [3.8, 4) is 0 Å². The van der Waals surface area contributed by atoms with Crippen molar-refractivity contribution in [1.29, 1.82) is 0 Å². The van der Waals surface area contributed by atoms with E-state index >= 15 is 0 Å². The van der Waals surface area contributed by atoms with Crippen LogP contribution in [0, 0.1) is 35.5 Å². The van der Waals surface area contributed by atoms with Crippen LogP contribution < -0.4 is 0 Å². The van der Waals surface area contributed by atoms with Crippen LogP contribution in [0.3, 0.4) is 0 Å². The summed E-state index contributed by atoms with van der Waals surface area (Å²) in [7, 11) is 0. The summed E-state index contributed by atoms with van der Waals surface area (Å²) in [4.78, 5) is 0. The lowest BCUT2D eigenvalue weighted by Gasteiger charge is -2.58. The highest BCUT2D eigenvalue weighted by atomic mass is 14.6. The second-order valence-electron chi connectivity index (χ2n) is 6.58. The molecule has 4 aliphatic carbocycles. The Bertz CT molecular complexity index is 244. The smallest absolute Gasteiger partial charge is 0.0352 e. The molecule has 4 fully saturated rings. The summed E-state index contributed by atoms with van der Waals surface area (Å²) in [6.45, 7) is 0. The summed E-state index contributed by atoms with van der Waals surface area (Å²) >= 11 is 0. The molecule has 0 aliphatic heterocycles. The second-order valence-corrected chi connectivity index (χ2v) is 6.58. The quantitative estimate of drug-likeness (QED) is 0.544. The van der Waals surface area contributed by atoms with Crippen LogP contribution in [-0.2, 0) is 0 Å². The Morgan fingerprint density at radius 1 is 0.500 bits per heavy atom. The van der Waals surface area contributed by atoms with Crippen molar-refractivity contribution < 1.29 is 0 Å².